The van der Waals surface area contributed by atoms with Crippen molar-refractivity contribution < 1.29 is 5.11 Å². The van der Waals surface area contributed by atoms with Crippen LogP contribution in [0.3, 0.4) is 0 Å². The lowest BCUT2D eigenvalue weighted by atomic mass is 9.98. The highest BCUT2D eigenvalue weighted by Gasteiger charge is 2.05. The van der Waals surface area contributed by atoms with Gasteiger partial charge in [0.15, 0.2) is 0 Å². The van der Waals surface area contributed by atoms with Crippen LogP contribution in [0.2, 0.25) is 0 Å². The average Bonchev–Trinajstić information content (AvgIpc) is 1.86. The van der Waals surface area contributed by atoms with E-state index in [0.29, 0.717) is 12.5 Å². The number of aliphatic hydroxyl groups excluding tert-OH is 1. The molecule has 0 radical (unpaired) electrons. The van der Waals surface area contributed by atoms with Gasteiger partial charge in [-0.2, -0.15) is 0 Å². The Kier molecular flexibility index (Phi) is 5.51. The molecule has 0 amide bonds. The van der Waals surface area contributed by atoms with E-state index in [4.69, 9.17) is 5.11 Å². The van der Waals surface area contributed by atoms with Crippen LogP contribution < -0.4 is 5.32 Å². The van der Waals surface area contributed by atoms with E-state index in [0.717, 1.165) is 12.5 Å². The molecule has 2 atom stereocenters. The highest BCUT2D eigenvalue weighted by atomic mass is 16.3. The summed E-state index contributed by atoms with van der Waals surface area (Å²) < 4.78 is 0. The summed E-state index contributed by atoms with van der Waals surface area (Å²) in [7, 11) is 0. The normalized spacial score (nSPS) is 16.9. The minimum atomic E-state index is -0.227. The number of nitrogens with one attached hydrogen (secondary N) is 1. The fraction of sp³-hybridized carbons (Fsp3) is 1.00. The van der Waals surface area contributed by atoms with Gasteiger partial charge < -0.3 is 10.4 Å². The van der Waals surface area contributed by atoms with Gasteiger partial charge in [-0.1, -0.05) is 20.8 Å². The summed E-state index contributed by atoms with van der Waals surface area (Å²) >= 11 is 0. The van der Waals surface area contributed by atoms with Gasteiger partial charge >= 0.3 is 0 Å². The minimum absolute atomic E-state index is 0.227. The third kappa shape index (κ3) is 6.32. The maximum atomic E-state index is 8.94. The van der Waals surface area contributed by atoms with Crippen molar-refractivity contribution >= 4 is 0 Å². The highest BCUT2D eigenvalue weighted by molar-refractivity contribution is 4.61. The third-order valence-corrected chi connectivity index (χ3v) is 2.04. The molecule has 0 aromatic rings. The second kappa shape index (κ2) is 5.56. The van der Waals surface area contributed by atoms with Gasteiger partial charge in [-0.25, -0.2) is 0 Å². The number of rotatable bonds is 5. The summed E-state index contributed by atoms with van der Waals surface area (Å²) in [6, 6.07) is 0. The molecule has 0 aliphatic heterocycles. The van der Waals surface area contributed by atoms with Crippen molar-refractivity contribution in [3.63, 3.8) is 0 Å². The van der Waals surface area contributed by atoms with Gasteiger partial charge in [0.1, 0.15) is 0 Å². The Balaban J connectivity index is 3.24. The Bertz CT molecular complexity index is 91.6. The molecule has 0 bridgehead atoms. The lowest BCUT2D eigenvalue weighted by Gasteiger charge is -2.16. The minimum Gasteiger partial charge on any atom is -0.392 e. The largest absolute Gasteiger partial charge is 0.392 e. The summed E-state index contributed by atoms with van der Waals surface area (Å²) in [5.41, 5.74) is 0. The van der Waals surface area contributed by atoms with Gasteiger partial charge in [0.2, 0.25) is 0 Å². The summed E-state index contributed by atoms with van der Waals surface area (Å²) in [5.74, 6) is 1.41. The highest BCUT2D eigenvalue weighted by Crippen LogP contribution is 2.07. The van der Waals surface area contributed by atoms with Crippen molar-refractivity contribution in [1.82, 2.24) is 5.32 Å². The molecule has 0 saturated heterocycles. The summed E-state index contributed by atoms with van der Waals surface area (Å²) in [6.45, 7) is 10.2. The smallest absolute Gasteiger partial charge is 0.0636 e. The van der Waals surface area contributed by atoms with E-state index in [1.807, 2.05) is 0 Å². The van der Waals surface area contributed by atoms with Gasteiger partial charge in [0, 0.05) is 6.54 Å². The molecule has 0 aliphatic carbocycles. The zero-order valence-corrected chi connectivity index (χ0v) is 8.09. The quantitative estimate of drug-likeness (QED) is 0.633. The maximum absolute atomic E-state index is 8.94. The Morgan fingerprint density at radius 2 is 1.64 bits per heavy atom. The zero-order chi connectivity index (χ0) is 8.85. The number of aliphatic hydroxyl groups is 1. The molecule has 0 spiro atoms. The molecule has 0 fully saturated rings. The first-order valence-electron chi connectivity index (χ1n) is 4.42. The molecule has 2 N–H and O–H groups in total. The molecule has 2 heteroatoms. The molecular weight excluding hydrogens is 138 g/mol. The predicted molar refractivity (Wildman–Crippen MR) is 48.6 cm³/mol. The first-order valence-corrected chi connectivity index (χ1v) is 4.42. The molecule has 1 unspecified atom stereocenters. The second-order valence-corrected chi connectivity index (χ2v) is 3.73. The van der Waals surface area contributed by atoms with E-state index in [-0.39, 0.29) is 6.10 Å². The molecule has 0 rings (SSSR count). The van der Waals surface area contributed by atoms with E-state index < -0.39 is 0 Å². The lowest BCUT2D eigenvalue weighted by molar-refractivity contribution is 0.187. The molecule has 0 aliphatic rings. The van der Waals surface area contributed by atoms with Crippen molar-refractivity contribution in [1.29, 1.82) is 0 Å². The molecule has 68 valence electrons. The van der Waals surface area contributed by atoms with Crippen LogP contribution in [0.15, 0.2) is 0 Å². The summed E-state index contributed by atoms with van der Waals surface area (Å²) in [5, 5.41) is 12.2. The van der Waals surface area contributed by atoms with Crippen LogP contribution in [0, 0.1) is 11.8 Å². The summed E-state index contributed by atoms with van der Waals surface area (Å²) in [4.78, 5) is 0. The van der Waals surface area contributed by atoms with Crippen LogP contribution >= 0.6 is 0 Å². The van der Waals surface area contributed by atoms with Crippen molar-refractivity contribution in [2.24, 2.45) is 11.8 Å². The summed E-state index contributed by atoms with van der Waals surface area (Å²) in [6.07, 6.45) is -0.227. The van der Waals surface area contributed by atoms with Crippen LogP contribution in [-0.4, -0.2) is 24.3 Å². The second-order valence-electron chi connectivity index (χ2n) is 3.73. The number of hydrogen-bond donors (Lipinski definition) is 2. The molecular formula is C9H21NO. The van der Waals surface area contributed by atoms with E-state index in [1.54, 1.807) is 6.92 Å². The van der Waals surface area contributed by atoms with Gasteiger partial charge in [0.25, 0.3) is 0 Å². The number of hydrogen-bond acceptors (Lipinski definition) is 2. The molecule has 0 heterocycles. The van der Waals surface area contributed by atoms with Gasteiger partial charge in [-0.3, -0.25) is 0 Å². The Morgan fingerprint density at radius 1 is 1.09 bits per heavy atom. The molecule has 0 saturated carbocycles. The van der Waals surface area contributed by atoms with Crippen LogP contribution in [0.25, 0.3) is 0 Å². The monoisotopic (exact) mass is 159 g/mol. The van der Waals surface area contributed by atoms with E-state index >= 15 is 0 Å². The van der Waals surface area contributed by atoms with Gasteiger partial charge in [-0.05, 0) is 25.3 Å². The molecule has 2 nitrogen and oxygen atoms in total. The third-order valence-electron chi connectivity index (χ3n) is 2.04. The Labute approximate surface area is 70.0 Å². The van der Waals surface area contributed by atoms with E-state index in [9.17, 15) is 0 Å². The van der Waals surface area contributed by atoms with Crippen molar-refractivity contribution in [2.75, 3.05) is 13.1 Å². The molecule has 0 aromatic carbocycles. The van der Waals surface area contributed by atoms with Crippen LogP contribution in [0.1, 0.15) is 27.7 Å². The van der Waals surface area contributed by atoms with E-state index in [2.05, 4.69) is 26.1 Å². The fourth-order valence-electron chi connectivity index (χ4n) is 0.756. The molecule has 0 aromatic heterocycles. The van der Waals surface area contributed by atoms with Gasteiger partial charge in [-0.15, -0.1) is 0 Å². The van der Waals surface area contributed by atoms with Crippen LogP contribution in [-0.2, 0) is 0 Å². The van der Waals surface area contributed by atoms with Crippen molar-refractivity contribution in [3.05, 3.63) is 0 Å². The first-order chi connectivity index (χ1) is 5.04. The van der Waals surface area contributed by atoms with Crippen LogP contribution in [0.4, 0.5) is 0 Å². The van der Waals surface area contributed by atoms with Gasteiger partial charge in [0.05, 0.1) is 6.10 Å². The Morgan fingerprint density at radius 3 is 2.00 bits per heavy atom. The average molecular weight is 159 g/mol. The fourth-order valence-corrected chi connectivity index (χ4v) is 0.756. The Hall–Kier alpha value is -0.0800. The maximum Gasteiger partial charge on any atom is 0.0636 e. The topological polar surface area (TPSA) is 32.3 Å². The lowest BCUT2D eigenvalue weighted by Crippen LogP contribution is -2.30. The van der Waals surface area contributed by atoms with E-state index in [1.165, 1.54) is 0 Å². The van der Waals surface area contributed by atoms with Crippen LogP contribution in [0.5, 0.6) is 0 Å². The standard InChI is InChI=1S/C9H21NO/c1-7(2)8(3)5-10-6-9(4)11/h7-11H,5-6H2,1-4H3/t8?,9-/m1/s1. The predicted octanol–water partition coefficient (Wildman–Crippen LogP) is 1.25. The SMILES string of the molecule is CC(C)C(C)CNC[C@@H](C)O. The first kappa shape index (κ1) is 10.9. The zero-order valence-electron chi connectivity index (χ0n) is 8.09. The van der Waals surface area contributed by atoms with Crippen molar-refractivity contribution in [2.45, 2.75) is 33.8 Å². The molecule has 11 heavy (non-hydrogen) atoms. The van der Waals surface area contributed by atoms with Crippen molar-refractivity contribution in [3.8, 4) is 0 Å².